The molecule has 3 N–H and O–H groups in total. The standard InChI is InChI=1S/C9H11ClN2O3/c10-7-2-1-3-8(6-7)14-5-4-9(13)15-12-11/h1-3,6,12H,4-5,11H2. The van der Waals surface area contributed by atoms with Crippen LogP contribution in [0.3, 0.4) is 0 Å². The first-order chi connectivity index (χ1) is 7.22. The van der Waals surface area contributed by atoms with Crippen molar-refractivity contribution in [1.29, 1.82) is 0 Å². The molecular weight excluding hydrogens is 220 g/mol. The number of nitrogens with one attached hydrogen (secondary N) is 1. The van der Waals surface area contributed by atoms with Crippen LogP contribution in [0.2, 0.25) is 5.02 Å². The Balaban J connectivity index is 2.28. The summed E-state index contributed by atoms with van der Waals surface area (Å²) in [6.45, 7) is 0.209. The Labute approximate surface area is 92.0 Å². The Bertz CT molecular complexity index is 333. The van der Waals surface area contributed by atoms with Gasteiger partial charge in [0, 0.05) is 5.02 Å². The molecule has 0 bridgehead atoms. The van der Waals surface area contributed by atoms with Gasteiger partial charge in [0.05, 0.1) is 13.0 Å². The summed E-state index contributed by atoms with van der Waals surface area (Å²) < 4.78 is 5.25. The van der Waals surface area contributed by atoms with Gasteiger partial charge in [0.15, 0.2) is 0 Å². The third-order valence-corrected chi connectivity index (χ3v) is 1.78. The maximum Gasteiger partial charge on any atom is 0.329 e. The normalized spacial score (nSPS) is 9.73. The summed E-state index contributed by atoms with van der Waals surface area (Å²) in [7, 11) is 0. The van der Waals surface area contributed by atoms with Crippen LogP contribution in [0.15, 0.2) is 24.3 Å². The number of hydrogen-bond donors (Lipinski definition) is 2. The summed E-state index contributed by atoms with van der Waals surface area (Å²) in [6, 6.07) is 6.91. The highest BCUT2D eigenvalue weighted by molar-refractivity contribution is 6.30. The Morgan fingerprint density at radius 1 is 1.53 bits per heavy atom. The molecule has 0 unspecified atom stereocenters. The molecule has 0 amide bonds. The number of ether oxygens (including phenoxy) is 1. The van der Waals surface area contributed by atoms with E-state index in [0.717, 1.165) is 0 Å². The van der Waals surface area contributed by atoms with Crippen molar-refractivity contribution in [3.8, 4) is 5.75 Å². The fraction of sp³-hybridized carbons (Fsp3) is 0.222. The van der Waals surface area contributed by atoms with E-state index >= 15 is 0 Å². The zero-order valence-corrected chi connectivity index (χ0v) is 8.66. The number of halogens is 1. The number of nitrogens with two attached hydrogens (primary N) is 1. The lowest BCUT2D eigenvalue weighted by molar-refractivity contribution is -0.151. The molecule has 82 valence electrons. The van der Waals surface area contributed by atoms with Crippen molar-refractivity contribution in [2.45, 2.75) is 6.42 Å². The van der Waals surface area contributed by atoms with Gasteiger partial charge in [-0.2, -0.15) is 0 Å². The molecule has 0 saturated heterocycles. The smallest absolute Gasteiger partial charge is 0.329 e. The van der Waals surface area contributed by atoms with Crippen LogP contribution in [0.25, 0.3) is 0 Å². The first-order valence-electron chi connectivity index (χ1n) is 4.26. The molecule has 0 radical (unpaired) electrons. The molecule has 0 aliphatic carbocycles. The third kappa shape index (κ3) is 4.64. The van der Waals surface area contributed by atoms with Crippen LogP contribution >= 0.6 is 11.6 Å². The lowest BCUT2D eigenvalue weighted by atomic mass is 10.3. The number of carbonyl (C=O) groups is 1. The van der Waals surface area contributed by atoms with E-state index < -0.39 is 5.97 Å². The molecule has 6 heteroatoms. The molecule has 5 nitrogen and oxygen atoms in total. The molecule has 0 fully saturated rings. The largest absolute Gasteiger partial charge is 0.493 e. The quantitative estimate of drug-likeness (QED) is 0.584. The Hall–Kier alpha value is -1.30. The van der Waals surface area contributed by atoms with Gasteiger partial charge in [0.1, 0.15) is 5.75 Å². The second-order valence-electron chi connectivity index (χ2n) is 2.65. The van der Waals surface area contributed by atoms with Crippen molar-refractivity contribution >= 4 is 17.6 Å². The summed E-state index contributed by atoms with van der Waals surface area (Å²) in [5, 5.41) is 0.582. The molecule has 1 aromatic rings. The van der Waals surface area contributed by atoms with Crippen molar-refractivity contribution in [2.24, 2.45) is 5.84 Å². The summed E-state index contributed by atoms with van der Waals surface area (Å²) in [5.74, 6) is 4.90. The lowest BCUT2D eigenvalue weighted by Crippen LogP contribution is -2.26. The average molecular weight is 231 g/mol. The van der Waals surface area contributed by atoms with Crippen molar-refractivity contribution in [3.63, 3.8) is 0 Å². The van der Waals surface area contributed by atoms with Gasteiger partial charge in [-0.15, -0.1) is 0 Å². The van der Waals surface area contributed by atoms with Crippen LogP contribution in [0.4, 0.5) is 0 Å². The van der Waals surface area contributed by atoms with Crippen LogP contribution < -0.4 is 16.2 Å². The predicted molar refractivity (Wildman–Crippen MR) is 55.0 cm³/mol. The zero-order chi connectivity index (χ0) is 11.1. The van der Waals surface area contributed by atoms with E-state index in [1.165, 1.54) is 0 Å². The van der Waals surface area contributed by atoms with E-state index in [4.69, 9.17) is 22.2 Å². The highest BCUT2D eigenvalue weighted by Gasteiger charge is 2.02. The van der Waals surface area contributed by atoms with Gasteiger partial charge in [-0.05, 0) is 18.2 Å². The molecule has 0 aromatic heterocycles. The highest BCUT2D eigenvalue weighted by atomic mass is 35.5. The van der Waals surface area contributed by atoms with Gasteiger partial charge in [0.2, 0.25) is 0 Å². The van der Waals surface area contributed by atoms with Gasteiger partial charge in [-0.1, -0.05) is 23.3 Å². The van der Waals surface area contributed by atoms with E-state index in [2.05, 4.69) is 4.84 Å². The van der Waals surface area contributed by atoms with Gasteiger partial charge in [-0.3, -0.25) is 4.79 Å². The molecule has 1 aromatic carbocycles. The zero-order valence-electron chi connectivity index (χ0n) is 7.90. The highest BCUT2D eigenvalue weighted by Crippen LogP contribution is 2.17. The molecule has 0 aliphatic heterocycles. The van der Waals surface area contributed by atoms with Gasteiger partial charge in [-0.25, -0.2) is 5.84 Å². The fourth-order valence-electron chi connectivity index (χ4n) is 0.926. The van der Waals surface area contributed by atoms with Crippen LogP contribution in [0, 0.1) is 0 Å². The minimum absolute atomic E-state index is 0.108. The minimum atomic E-state index is -0.487. The van der Waals surface area contributed by atoms with Gasteiger partial charge in [0.25, 0.3) is 0 Å². The van der Waals surface area contributed by atoms with Crippen LogP contribution in [-0.4, -0.2) is 12.6 Å². The monoisotopic (exact) mass is 230 g/mol. The summed E-state index contributed by atoms with van der Waals surface area (Å²) in [5.41, 5.74) is 1.80. The summed E-state index contributed by atoms with van der Waals surface area (Å²) >= 11 is 5.74. The molecule has 15 heavy (non-hydrogen) atoms. The number of hydrogen-bond acceptors (Lipinski definition) is 5. The second-order valence-corrected chi connectivity index (χ2v) is 3.08. The van der Waals surface area contributed by atoms with Crippen molar-refractivity contribution in [1.82, 2.24) is 5.59 Å². The van der Waals surface area contributed by atoms with Gasteiger partial charge >= 0.3 is 5.97 Å². The Morgan fingerprint density at radius 3 is 3.00 bits per heavy atom. The average Bonchev–Trinajstić information content (AvgIpc) is 2.18. The van der Waals surface area contributed by atoms with Crippen molar-refractivity contribution < 1.29 is 14.4 Å². The number of benzene rings is 1. The van der Waals surface area contributed by atoms with E-state index in [0.29, 0.717) is 10.8 Å². The van der Waals surface area contributed by atoms with Crippen LogP contribution in [-0.2, 0) is 9.63 Å². The van der Waals surface area contributed by atoms with E-state index in [1.807, 2.05) is 0 Å². The maximum atomic E-state index is 10.8. The maximum absolute atomic E-state index is 10.8. The van der Waals surface area contributed by atoms with Crippen LogP contribution in [0.1, 0.15) is 6.42 Å². The van der Waals surface area contributed by atoms with Crippen molar-refractivity contribution in [2.75, 3.05) is 6.61 Å². The topological polar surface area (TPSA) is 73.6 Å². The molecular formula is C9H11ClN2O3. The summed E-state index contributed by atoms with van der Waals surface area (Å²) in [4.78, 5) is 15.1. The van der Waals surface area contributed by atoms with E-state index in [-0.39, 0.29) is 13.0 Å². The third-order valence-electron chi connectivity index (χ3n) is 1.54. The first kappa shape index (κ1) is 11.8. The molecule has 0 saturated carbocycles. The predicted octanol–water partition coefficient (Wildman–Crippen LogP) is 1.03. The number of hydrazine groups is 1. The second kappa shape index (κ2) is 6.23. The Morgan fingerprint density at radius 2 is 2.33 bits per heavy atom. The number of rotatable bonds is 5. The van der Waals surface area contributed by atoms with E-state index in [1.54, 1.807) is 29.9 Å². The van der Waals surface area contributed by atoms with Crippen molar-refractivity contribution in [3.05, 3.63) is 29.3 Å². The summed E-state index contributed by atoms with van der Waals surface area (Å²) in [6.07, 6.45) is 0.108. The first-order valence-corrected chi connectivity index (χ1v) is 4.64. The molecule has 0 aliphatic rings. The van der Waals surface area contributed by atoms with E-state index in [9.17, 15) is 4.79 Å². The SMILES string of the molecule is NNOC(=O)CCOc1cccc(Cl)c1. The molecule has 0 spiro atoms. The minimum Gasteiger partial charge on any atom is -0.493 e. The fourth-order valence-corrected chi connectivity index (χ4v) is 1.11. The lowest BCUT2D eigenvalue weighted by Gasteiger charge is -2.05. The molecule has 0 heterocycles. The number of carbonyl (C=O) groups excluding carboxylic acids is 1. The molecule has 1 rings (SSSR count). The Kier molecular flexibility index (Phi) is 4.89. The molecule has 0 atom stereocenters. The van der Waals surface area contributed by atoms with Gasteiger partial charge < -0.3 is 9.57 Å². The van der Waals surface area contributed by atoms with Crippen LogP contribution in [0.5, 0.6) is 5.75 Å².